The van der Waals surface area contributed by atoms with E-state index in [1.807, 2.05) is 0 Å². The number of aliphatic hydroxyl groups excluding tert-OH is 1. The van der Waals surface area contributed by atoms with Gasteiger partial charge in [-0.05, 0) is 24.1 Å². The maximum Gasteiger partial charge on any atom is 0.316 e. The van der Waals surface area contributed by atoms with Gasteiger partial charge in [0.25, 0.3) is 0 Å². The van der Waals surface area contributed by atoms with E-state index < -0.39 is 11.8 Å². The lowest BCUT2D eigenvalue weighted by Crippen LogP contribution is -2.43. The lowest BCUT2D eigenvalue weighted by molar-refractivity contribution is -0.137. The first-order valence-corrected chi connectivity index (χ1v) is 6.01. The molecule has 0 atom stereocenters. The van der Waals surface area contributed by atoms with Crippen LogP contribution in [-0.4, -0.2) is 36.6 Å². The first-order chi connectivity index (χ1) is 8.65. The van der Waals surface area contributed by atoms with Crippen LogP contribution >= 0.6 is 11.6 Å². The molecule has 2 rings (SSSR count). The Labute approximate surface area is 109 Å². The highest BCUT2D eigenvalue weighted by Crippen LogP contribution is 2.33. The molecule has 1 heterocycles. The van der Waals surface area contributed by atoms with E-state index in [0.717, 1.165) is 5.56 Å². The van der Waals surface area contributed by atoms with Crippen molar-refractivity contribution in [3.8, 4) is 0 Å². The molecule has 0 spiro atoms. The summed E-state index contributed by atoms with van der Waals surface area (Å²) in [5.74, 6) is -1.33. The van der Waals surface area contributed by atoms with Gasteiger partial charge in [-0.25, -0.2) is 0 Å². The topological polar surface area (TPSA) is 69.6 Å². The Bertz CT molecular complexity index is 490. The number of amides is 2. The van der Waals surface area contributed by atoms with Gasteiger partial charge in [-0.15, -0.1) is 0 Å². The second kappa shape index (κ2) is 5.37. The average Bonchev–Trinajstić information content (AvgIpc) is 2.80. The van der Waals surface area contributed by atoms with Crippen molar-refractivity contribution >= 4 is 29.1 Å². The van der Waals surface area contributed by atoms with Crippen molar-refractivity contribution in [2.45, 2.75) is 6.42 Å². The second-order valence-electron chi connectivity index (χ2n) is 3.92. The number of carbonyl (C=O) groups excluding carboxylic acids is 2. The summed E-state index contributed by atoms with van der Waals surface area (Å²) < 4.78 is 0. The summed E-state index contributed by atoms with van der Waals surface area (Å²) in [7, 11) is 0. The fraction of sp³-hybridized carbons (Fsp3) is 0.333. The lowest BCUT2D eigenvalue weighted by Gasteiger charge is -2.16. The average molecular weight is 269 g/mol. The summed E-state index contributed by atoms with van der Waals surface area (Å²) in [6.45, 7) is 0.326. The molecular formula is C12H13ClN2O3. The standard InChI is InChI=1S/C12H13ClN2O3/c13-9-2-1-3-10-8(9)4-6-15(10)12(18)11(17)14-5-7-16/h1-3,16H,4-7H2,(H,14,17). The van der Waals surface area contributed by atoms with Crippen LogP contribution in [0.4, 0.5) is 5.69 Å². The molecule has 0 aromatic heterocycles. The highest BCUT2D eigenvalue weighted by Gasteiger charge is 2.29. The molecule has 1 aliphatic heterocycles. The summed E-state index contributed by atoms with van der Waals surface area (Å²) in [5.41, 5.74) is 1.58. The van der Waals surface area contributed by atoms with Crippen LogP contribution in [0.2, 0.25) is 5.02 Å². The summed E-state index contributed by atoms with van der Waals surface area (Å²) in [6.07, 6.45) is 0.647. The summed E-state index contributed by atoms with van der Waals surface area (Å²) >= 11 is 6.03. The first kappa shape index (κ1) is 12.9. The molecule has 0 fully saturated rings. The fourth-order valence-electron chi connectivity index (χ4n) is 1.97. The molecule has 2 amide bonds. The number of rotatable bonds is 2. The number of nitrogens with one attached hydrogen (secondary N) is 1. The van der Waals surface area contributed by atoms with E-state index in [2.05, 4.69) is 5.32 Å². The van der Waals surface area contributed by atoms with Gasteiger partial charge in [-0.1, -0.05) is 17.7 Å². The number of aliphatic hydroxyl groups is 1. The maximum atomic E-state index is 11.9. The van der Waals surface area contributed by atoms with Crippen molar-refractivity contribution < 1.29 is 14.7 Å². The van der Waals surface area contributed by atoms with Crippen molar-refractivity contribution in [3.05, 3.63) is 28.8 Å². The van der Waals surface area contributed by atoms with E-state index in [0.29, 0.717) is 23.7 Å². The lowest BCUT2D eigenvalue weighted by atomic mass is 10.2. The first-order valence-electron chi connectivity index (χ1n) is 5.63. The Balaban J connectivity index is 2.16. The summed E-state index contributed by atoms with van der Waals surface area (Å²) in [6, 6.07) is 5.28. The molecule has 0 saturated carbocycles. The van der Waals surface area contributed by atoms with E-state index in [-0.39, 0.29) is 13.2 Å². The maximum absolute atomic E-state index is 11.9. The predicted octanol–water partition coefficient (Wildman–Crippen LogP) is 0.338. The van der Waals surface area contributed by atoms with Gasteiger partial charge < -0.3 is 15.3 Å². The molecule has 0 aliphatic carbocycles. The zero-order chi connectivity index (χ0) is 13.1. The molecule has 6 heteroatoms. The largest absolute Gasteiger partial charge is 0.395 e. The van der Waals surface area contributed by atoms with Gasteiger partial charge in [0, 0.05) is 23.8 Å². The van der Waals surface area contributed by atoms with Crippen molar-refractivity contribution in [1.29, 1.82) is 0 Å². The zero-order valence-electron chi connectivity index (χ0n) is 9.65. The van der Waals surface area contributed by atoms with Crippen LogP contribution in [-0.2, 0) is 16.0 Å². The SMILES string of the molecule is O=C(NCCO)C(=O)N1CCc2c(Cl)cccc21. The van der Waals surface area contributed by atoms with Gasteiger partial charge in [0.15, 0.2) is 0 Å². The van der Waals surface area contributed by atoms with Crippen LogP contribution in [0.3, 0.4) is 0 Å². The van der Waals surface area contributed by atoms with Crippen molar-refractivity contribution in [1.82, 2.24) is 5.32 Å². The molecule has 0 radical (unpaired) electrons. The van der Waals surface area contributed by atoms with Crippen LogP contribution in [0.15, 0.2) is 18.2 Å². The van der Waals surface area contributed by atoms with Gasteiger partial charge in [0.1, 0.15) is 0 Å². The number of hydrogen-bond donors (Lipinski definition) is 2. The van der Waals surface area contributed by atoms with Gasteiger partial charge >= 0.3 is 11.8 Å². The van der Waals surface area contributed by atoms with E-state index >= 15 is 0 Å². The molecule has 1 aromatic carbocycles. The smallest absolute Gasteiger partial charge is 0.316 e. The number of anilines is 1. The minimum absolute atomic E-state index is 0.0703. The van der Waals surface area contributed by atoms with Crippen LogP contribution in [0.25, 0.3) is 0 Å². The van der Waals surface area contributed by atoms with Crippen LogP contribution < -0.4 is 10.2 Å². The van der Waals surface area contributed by atoms with Crippen LogP contribution in [0.5, 0.6) is 0 Å². The fourth-order valence-corrected chi connectivity index (χ4v) is 2.23. The van der Waals surface area contributed by atoms with Crippen molar-refractivity contribution in [2.75, 3.05) is 24.6 Å². The molecule has 1 aliphatic rings. The number of carbonyl (C=O) groups is 2. The molecule has 18 heavy (non-hydrogen) atoms. The second-order valence-corrected chi connectivity index (χ2v) is 4.33. The van der Waals surface area contributed by atoms with Gasteiger partial charge in [-0.3, -0.25) is 9.59 Å². The molecule has 2 N–H and O–H groups in total. The Hall–Kier alpha value is -1.59. The zero-order valence-corrected chi connectivity index (χ0v) is 10.4. The van der Waals surface area contributed by atoms with E-state index in [9.17, 15) is 9.59 Å². The molecule has 1 aromatic rings. The van der Waals surface area contributed by atoms with Crippen LogP contribution in [0.1, 0.15) is 5.56 Å². The van der Waals surface area contributed by atoms with Gasteiger partial charge in [-0.2, -0.15) is 0 Å². The summed E-state index contributed by atoms with van der Waals surface area (Å²) in [4.78, 5) is 24.9. The normalized spacial score (nSPS) is 13.3. The number of benzene rings is 1. The van der Waals surface area contributed by atoms with Crippen molar-refractivity contribution in [3.63, 3.8) is 0 Å². The number of hydrogen-bond acceptors (Lipinski definition) is 3. The molecule has 5 nitrogen and oxygen atoms in total. The Morgan fingerprint density at radius 2 is 2.22 bits per heavy atom. The summed E-state index contributed by atoms with van der Waals surface area (Å²) in [5, 5.41) is 11.6. The van der Waals surface area contributed by atoms with E-state index in [1.54, 1.807) is 18.2 Å². The third-order valence-electron chi connectivity index (χ3n) is 2.81. The van der Waals surface area contributed by atoms with Crippen LogP contribution in [0, 0.1) is 0 Å². The third kappa shape index (κ3) is 2.32. The molecule has 0 bridgehead atoms. The van der Waals surface area contributed by atoms with E-state index in [4.69, 9.17) is 16.7 Å². The van der Waals surface area contributed by atoms with Gasteiger partial charge in [0.05, 0.1) is 6.61 Å². The quantitative estimate of drug-likeness (QED) is 0.760. The number of fused-ring (bicyclic) bond motifs is 1. The number of halogens is 1. The Kier molecular flexibility index (Phi) is 3.84. The predicted molar refractivity (Wildman–Crippen MR) is 67.6 cm³/mol. The highest BCUT2D eigenvalue weighted by molar-refractivity contribution is 6.41. The Morgan fingerprint density at radius 3 is 2.94 bits per heavy atom. The molecule has 96 valence electrons. The molecule has 0 unspecified atom stereocenters. The van der Waals surface area contributed by atoms with Gasteiger partial charge in [0.2, 0.25) is 0 Å². The molecular weight excluding hydrogens is 256 g/mol. The highest BCUT2D eigenvalue weighted by atomic mass is 35.5. The Morgan fingerprint density at radius 1 is 1.44 bits per heavy atom. The monoisotopic (exact) mass is 268 g/mol. The third-order valence-corrected chi connectivity index (χ3v) is 3.16. The van der Waals surface area contributed by atoms with Crippen molar-refractivity contribution in [2.24, 2.45) is 0 Å². The minimum atomic E-state index is -0.711. The minimum Gasteiger partial charge on any atom is -0.395 e. The van der Waals surface area contributed by atoms with E-state index in [1.165, 1.54) is 4.90 Å². The molecule has 0 saturated heterocycles. The number of nitrogens with zero attached hydrogens (tertiary/aromatic N) is 1.